The fourth-order valence-corrected chi connectivity index (χ4v) is 3.76. The topological polar surface area (TPSA) is 188 Å². The number of nitro benzene ring substituents is 1. The average molecular weight is 444 g/mol. The highest BCUT2D eigenvalue weighted by molar-refractivity contribution is 5.66. The number of nitro groups is 1. The number of likely N-dealkylation sites (tertiary alicyclic amines) is 1. The lowest BCUT2D eigenvalue weighted by atomic mass is 9.93. The fourth-order valence-electron chi connectivity index (χ4n) is 3.76. The van der Waals surface area contributed by atoms with E-state index in [-0.39, 0.29) is 36.8 Å². The Labute approximate surface area is 183 Å². The van der Waals surface area contributed by atoms with Crippen LogP contribution in [0, 0.1) is 10.1 Å². The second-order valence-electron chi connectivity index (χ2n) is 7.55. The standard InChI is InChI=1S/C20H24N6O6/c21-24-23-14-4-5-15(16(7-14)26(31)32)22-8-12-2-1-3-13(6-12)9-25-10-18(28)20(30)19(29)17(25)11-27/h1-7,17-20,22,27-30H,8-11H2/t17-,18+,19-,20-/m1/s1. The van der Waals surface area contributed by atoms with Crippen molar-refractivity contribution >= 4 is 17.1 Å². The van der Waals surface area contributed by atoms with E-state index >= 15 is 0 Å². The Balaban J connectivity index is 1.72. The van der Waals surface area contributed by atoms with Gasteiger partial charge < -0.3 is 25.7 Å². The van der Waals surface area contributed by atoms with Crippen LogP contribution in [-0.4, -0.2) is 67.8 Å². The number of aliphatic hydroxyl groups is 4. The summed E-state index contributed by atoms with van der Waals surface area (Å²) >= 11 is 0. The van der Waals surface area contributed by atoms with Crippen LogP contribution in [0.5, 0.6) is 0 Å². The summed E-state index contributed by atoms with van der Waals surface area (Å²) < 4.78 is 0. The van der Waals surface area contributed by atoms with Gasteiger partial charge in [-0.1, -0.05) is 35.4 Å². The number of anilines is 1. The Bertz CT molecular complexity index is 1010. The molecule has 0 unspecified atom stereocenters. The van der Waals surface area contributed by atoms with Gasteiger partial charge in [0.15, 0.2) is 0 Å². The van der Waals surface area contributed by atoms with Gasteiger partial charge in [-0.2, -0.15) is 0 Å². The molecule has 4 atom stereocenters. The molecule has 12 nitrogen and oxygen atoms in total. The number of piperidine rings is 1. The number of azide groups is 1. The van der Waals surface area contributed by atoms with Gasteiger partial charge in [0.05, 0.1) is 23.7 Å². The summed E-state index contributed by atoms with van der Waals surface area (Å²) in [5.74, 6) is 0. The SMILES string of the molecule is [N-]=[N+]=Nc1ccc(NCc2cccc(CN3C[C@H](O)[C@@H](O)[C@H](O)[C@H]3CO)c2)c([N+](=O)[O-])c1. The van der Waals surface area contributed by atoms with Crippen molar-refractivity contribution in [1.82, 2.24) is 4.90 Å². The molecule has 0 amide bonds. The molecule has 3 rings (SSSR count). The Morgan fingerprint density at radius 2 is 1.94 bits per heavy atom. The zero-order valence-electron chi connectivity index (χ0n) is 17.0. The van der Waals surface area contributed by atoms with Gasteiger partial charge in [0, 0.05) is 36.3 Å². The van der Waals surface area contributed by atoms with E-state index in [4.69, 9.17) is 5.53 Å². The van der Waals surface area contributed by atoms with Crippen LogP contribution in [0.4, 0.5) is 17.1 Å². The lowest BCUT2D eigenvalue weighted by Gasteiger charge is -2.43. The second-order valence-corrected chi connectivity index (χ2v) is 7.55. The first kappa shape index (κ1) is 23.4. The predicted molar refractivity (Wildman–Crippen MR) is 115 cm³/mol. The second kappa shape index (κ2) is 10.4. The molecule has 0 bridgehead atoms. The summed E-state index contributed by atoms with van der Waals surface area (Å²) in [4.78, 5) is 15.1. The van der Waals surface area contributed by atoms with Crippen LogP contribution in [0.2, 0.25) is 0 Å². The number of benzene rings is 2. The minimum absolute atomic E-state index is 0.0929. The van der Waals surface area contributed by atoms with Gasteiger partial charge in [-0.05, 0) is 22.7 Å². The predicted octanol–water partition coefficient (Wildman–Crippen LogP) is 1.41. The lowest BCUT2D eigenvalue weighted by molar-refractivity contribution is -0.383. The zero-order chi connectivity index (χ0) is 23.3. The van der Waals surface area contributed by atoms with Crippen molar-refractivity contribution in [3.8, 4) is 0 Å². The van der Waals surface area contributed by atoms with E-state index in [2.05, 4.69) is 15.3 Å². The normalized spacial score (nSPS) is 23.4. The molecule has 0 aromatic heterocycles. The third-order valence-electron chi connectivity index (χ3n) is 5.41. The third-order valence-corrected chi connectivity index (χ3v) is 5.41. The maximum Gasteiger partial charge on any atom is 0.292 e. The average Bonchev–Trinajstić information content (AvgIpc) is 2.77. The summed E-state index contributed by atoms with van der Waals surface area (Å²) in [6, 6.07) is 10.8. The van der Waals surface area contributed by atoms with E-state index < -0.39 is 29.3 Å². The van der Waals surface area contributed by atoms with E-state index in [0.29, 0.717) is 6.54 Å². The van der Waals surface area contributed by atoms with Crippen molar-refractivity contribution in [3.05, 3.63) is 74.1 Å². The van der Waals surface area contributed by atoms with Crippen LogP contribution >= 0.6 is 0 Å². The van der Waals surface area contributed by atoms with Crippen molar-refractivity contribution in [2.45, 2.75) is 37.4 Å². The first-order valence-electron chi connectivity index (χ1n) is 9.88. The van der Waals surface area contributed by atoms with Crippen LogP contribution in [0.25, 0.3) is 10.4 Å². The number of hydrogen-bond acceptors (Lipinski definition) is 9. The molecule has 1 heterocycles. The van der Waals surface area contributed by atoms with Gasteiger partial charge in [0.1, 0.15) is 17.9 Å². The number of β-amino-alcohol motifs (C(OH)–C–C–N with tert-alkyl or cyclic N) is 1. The van der Waals surface area contributed by atoms with E-state index in [0.717, 1.165) is 11.1 Å². The molecule has 0 aliphatic carbocycles. The third kappa shape index (κ3) is 5.32. The fraction of sp³-hybridized carbons (Fsp3) is 0.400. The lowest BCUT2D eigenvalue weighted by Crippen LogP contribution is -2.62. The van der Waals surface area contributed by atoms with E-state index in [9.17, 15) is 30.5 Å². The van der Waals surface area contributed by atoms with Crippen LogP contribution in [0.15, 0.2) is 47.6 Å². The van der Waals surface area contributed by atoms with Crippen molar-refractivity contribution < 1.29 is 25.3 Å². The molecular weight excluding hydrogens is 420 g/mol. The Kier molecular flexibility index (Phi) is 7.59. The summed E-state index contributed by atoms with van der Waals surface area (Å²) in [6.07, 6.45) is -3.73. The molecule has 1 saturated heterocycles. The quantitative estimate of drug-likeness (QED) is 0.133. The van der Waals surface area contributed by atoms with Crippen LogP contribution < -0.4 is 5.32 Å². The van der Waals surface area contributed by atoms with Crippen molar-refractivity contribution in [2.75, 3.05) is 18.5 Å². The minimum Gasteiger partial charge on any atom is -0.395 e. The van der Waals surface area contributed by atoms with Gasteiger partial charge >= 0.3 is 0 Å². The molecule has 2 aromatic rings. The first-order valence-corrected chi connectivity index (χ1v) is 9.88. The molecule has 12 heteroatoms. The summed E-state index contributed by atoms with van der Waals surface area (Å²) in [5, 5.41) is 57.3. The first-order chi connectivity index (χ1) is 15.3. The van der Waals surface area contributed by atoms with Gasteiger partial charge in [-0.15, -0.1) is 0 Å². The molecule has 5 N–H and O–H groups in total. The highest BCUT2D eigenvalue weighted by Gasteiger charge is 2.40. The van der Waals surface area contributed by atoms with Crippen molar-refractivity contribution in [2.24, 2.45) is 5.11 Å². The summed E-state index contributed by atoms with van der Waals surface area (Å²) in [5.41, 5.74) is 10.4. The van der Waals surface area contributed by atoms with Crippen molar-refractivity contribution in [1.29, 1.82) is 0 Å². The Morgan fingerprint density at radius 3 is 2.62 bits per heavy atom. The molecule has 1 aliphatic rings. The highest BCUT2D eigenvalue weighted by Crippen LogP contribution is 2.30. The van der Waals surface area contributed by atoms with Crippen molar-refractivity contribution in [3.63, 3.8) is 0 Å². The Hall–Kier alpha value is -3.25. The van der Waals surface area contributed by atoms with Crippen LogP contribution in [0.1, 0.15) is 11.1 Å². The molecule has 0 spiro atoms. The van der Waals surface area contributed by atoms with E-state index in [1.807, 2.05) is 24.3 Å². The van der Waals surface area contributed by atoms with E-state index in [1.165, 1.54) is 18.2 Å². The monoisotopic (exact) mass is 444 g/mol. The summed E-state index contributed by atoms with van der Waals surface area (Å²) in [7, 11) is 0. The molecule has 170 valence electrons. The number of rotatable bonds is 8. The molecule has 2 aromatic carbocycles. The van der Waals surface area contributed by atoms with Crippen LogP contribution in [-0.2, 0) is 13.1 Å². The maximum absolute atomic E-state index is 11.3. The van der Waals surface area contributed by atoms with Gasteiger partial charge in [-0.25, -0.2) is 0 Å². The largest absolute Gasteiger partial charge is 0.395 e. The van der Waals surface area contributed by atoms with Gasteiger partial charge in [-0.3, -0.25) is 15.0 Å². The number of aliphatic hydroxyl groups excluding tert-OH is 4. The molecule has 0 radical (unpaired) electrons. The summed E-state index contributed by atoms with van der Waals surface area (Å²) in [6.45, 7) is 0.321. The minimum atomic E-state index is -1.32. The van der Waals surface area contributed by atoms with E-state index in [1.54, 1.807) is 4.90 Å². The maximum atomic E-state index is 11.3. The Morgan fingerprint density at radius 1 is 1.19 bits per heavy atom. The number of hydrogen-bond donors (Lipinski definition) is 5. The zero-order valence-corrected chi connectivity index (χ0v) is 17.0. The molecular formula is C20H24N6O6. The molecule has 0 saturated carbocycles. The molecule has 1 fully saturated rings. The molecule has 32 heavy (non-hydrogen) atoms. The highest BCUT2D eigenvalue weighted by atomic mass is 16.6. The smallest absolute Gasteiger partial charge is 0.292 e. The van der Waals surface area contributed by atoms with Crippen LogP contribution in [0.3, 0.4) is 0 Å². The number of nitrogens with one attached hydrogen (secondary N) is 1. The molecule has 1 aliphatic heterocycles. The number of nitrogens with zero attached hydrogens (tertiary/aromatic N) is 5. The van der Waals surface area contributed by atoms with Gasteiger partial charge in [0.25, 0.3) is 5.69 Å². The van der Waals surface area contributed by atoms with Gasteiger partial charge in [0.2, 0.25) is 0 Å².